The Kier molecular flexibility index (Phi) is 5.06. The van der Waals surface area contributed by atoms with Gasteiger partial charge in [0, 0.05) is 13.1 Å². The van der Waals surface area contributed by atoms with Crippen molar-refractivity contribution in [2.75, 3.05) is 20.2 Å². The number of aryl methyl sites for hydroxylation is 1. The van der Waals surface area contributed by atoms with E-state index in [1.54, 1.807) is 13.0 Å². The van der Waals surface area contributed by atoms with Gasteiger partial charge in [-0.15, -0.1) is 0 Å². The van der Waals surface area contributed by atoms with Crippen molar-refractivity contribution in [3.8, 4) is 0 Å². The van der Waals surface area contributed by atoms with E-state index in [0.717, 1.165) is 9.87 Å². The Labute approximate surface area is 134 Å². The first kappa shape index (κ1) is 17.4. The molecule has 2 rings (SSSR count). The minimum Gasteiger partial charge on any atom is -0.481 e. The number of esters is 1. The summed E-state index contributed by atoms with van der Waals surface area (Å²) in [5, 5.41) is 9.11. The molecule has 1 heterocycles. The van der Waals surface area contributed by atoms with Crippen LogP contribution < -0.4 is 0 Å². The first-order chi connectivity index (χ1) is 10.8. The quantitative estimate of drug-likeness (QED) is 0.828. The van der Waals surface area contributed by atoms with Gasteiger partial charge in [0.05, 0.1) is 23.5 Å². The summed E-state index contributed by atoms with van der Waals surface area (Å²) in [6.07, 6.45) is 0.911. The first-order valence-corrected chi connectivity index (χ1v) is 8.63. The topological polar surface area (TPSA) is 101 Å². The molecule has 7 nitrogen and oxygen atoms in total. The number of methoxy groups -OCH3 is 1. The maximum atomic E-state index is 12.8. The number of ether oxygens (including phenoxy) is 1. The molecule has 1 aliphatic heterocycles. The van der Waals surface area contributed by atoms with E-state index in [1.807, 2.05) is 0 Å². The Morgan fingerprint density at radius 3 is 2.65 bits per heavy atom. The van der Waals surface area contributed by atoms with Crippen LogP contribution >= 0.6 is 0 Å². The van der Waals surface area contributed by atoms with Crippen LogP contribution in [0, 0.1) is 12.8 Å². The predicted octanol–water partition coefficient (Wildman–Crippen LogP) is 1.27. The van der Waals surface area contributed by atoms with Crippen molar-refractivity contribution in [3.05, 3.63) is 29.3 Å². The highest BCUT2D eigenvalue weighted by atomic mass is 32.2. The van der Waals surface area contributed by atoms with Gasteiger partial charge in [0.15, 0.2) is 0 Å². The van der Waals surface area contributed by atoms with E-state index in [2.05, 4.69) is 4.74 Å². The van der Waals surface area contributed by atoms with Crippen LogP contribution in [-0.4, -0.2) is 50.0 Å². The average Bonchev–Trinajstić information content (AvgIpc) is 2.53. The SMILES string of the molecule is COC(=O)c1cc(C)ccc1S(=O)(=O)N1CCCC(C(=O)O)C1. The van der Waals surface area contributed by atoms with Gasteiger partial charge in [0.1, 0.15) is 0 Å². The lowest BCUT2D eigenvalue weighted by molar-refractivity contribution is -0.142. The second-order valence-corrected chi connectivity index (χ2v) is 7.44. The Hall–Kier alpha value is -1.93. The van der Waals surface area contributed by atoms with Crippen molar-refractivity contribution >= 4 is 22.0 Å². The highest BCUT2D eigenvalue weighted by Crippen LogP contribution is 2.27. The number of carbonyl (C=O) groups excluding carboxylic acids is 1. The van der Waals surface area contributed by atoms with Gasteiger partial charge in [-0.05, 0) is 31.9 Å². The molecule has 1 aromatic rings. The summed E-state index contributed by atoms with van der Waals surface area (Å²) < 4.78 is 31.5. The zero-order valence-corrected chi connectivity index (χ0v) is 13.8. The number of piperidine rings is 1. The molecular formula is C15H19NO6S. The molecule has 126 valence electrons. The van der Waals surface area contributed by atoms with Crippen LogP contribution in [0.1, 0.15) is 28.8 Å². The number of carboxylic acids is 1. The van der Waals surface area contributed by atoms with E-state index in [1.165, 1.54) is 19.2 Å². The first-order valence-electron chi connectivity index (χ1n) is 7.19. The fourth-order valence-corrected chi connectivity index (χ4v) is 4.32. The summed E-state index contributed by atoms with van der Waals surface area (Å²) in [6.45, 7) is 1.89. The summed E-state index contributed by atoms with van der Waals surface area (Å²) in [5.74, 6) is -2.48. The number of benzene rings is 1. The number of rotatable bonds is 4. The second kappa shape index (κ2) is 6.67. The molecule has 0 amide bonds. The molecule has 1 saturated heterocycles. The standard InChI is InChI=1S/C15H19NO6S/c1-10-5-6-13(12(8-10)15(19)22-2)23(20,21)16-7-3-4-11(9-16)14(17)18/h5-6,8,11H,3-4,7,9H2,1-2H3,(H,17,18). The van der Waals surface area contributed by atoms with E-state index in [-0.39, 0.29) is 23.5 Å². The third-order valence-electron chi connectivity index (χ3n) is 3.89. The third-order valence-corrected chi connectivity index (χ3v) is 5.81. The Morgan fingerprint density at radius 1 is 1.35 bits per heavy atom. The summed E-state index contributed by atoms with van der Waals surface area (Å²) in [4.78, 5) is 22.9. The summed E-state index contributed by atoms with van der Waals surface area (Å²) >= 11 is 0. The van der Waals surface area contributed by atoms with E-state index in [0.29, 0.717) is 12.8 Å². The van der Waals surface area contributed by atoms with Gasteiger partial charge in [-0.3, -0.25) is 4.79 Å². The van der Waals surface area contributed by atoms with Gasteiger partial charge in [-0.25, -0.2) is 13.2 Å². The number of carbonyl (C=O) groups is 2. The van der Waals surface area contributed by atoms with Crippen molar-refractivity contribution < 1.29 is 27.9 Å². The molecule has 1 N–H and O–H groups in total. The molecule has 0 aromatic heterocycles. The van der Waals surface area contributed by atoms with E-state index < -0.39 is 27.9 Å². The minimum atomic E-state index is -3.96. The largest absolute Gasteiger partial charge is 0.481 e. The van der Waals surface area contributed by atoms with Crippen molar-refractivity contribution in [2.45, 2.75) is 24.7 Å². The Morgan fingerprint density at radius 2 is 2.04 bits per heavy atom. The molecule has 1 aliphatic rings. The normalized spacial score (nSPS) is 19.3. The molecule has 0 saturated carbocycles. The van der Waals surface area contributed by atoms with Gasteiger partial charge in [0.25, 0.3) is 0 Å². The molecular weight excluding hydrogens is 322 g/mol. The van der Waals surface area contributed by atoms with Crippen molar-refractivity contribution in [2.24, 2.45) is 5.92 Å². The van der Waals surface area contributed by atoms with Crippen LogP contribution in [0.4, 0.5) is 0 Å². The van der Waals surface area contributed by atoms with Crippen molar-refractivity contribution in [1.29, 1.82) is 0 Å². The second-order valence-electron chi connectivity index (χ2n) is 5.53. The van der Waals surface area contributed by atoms with Crippen LogP contribution in [0.15, 0.2) is 23.1 Å². The maximum absolute atomic E-state index is 12.8. The van der Waals surface area contributed by atoms with Crippen molar-refractivity contribution in [3.63, 3.8) is 0 Å². The molecule has 1 unspecified atom stereocenters. The van der Waals surface area contributed by atoms with Crippen molar-refractivity contribution in [1.82, 2.24) is 4.31 Å². The lowest BCUT2D eigenvalue weighted by atomic mass is 10.0. The highest BCUT2D eigenvalue weighted by Gasteiger charge is 2.35. The lowest BCUT2D eigenvalue weighted by Crippen LogP contribution is -2.42. The molecule has 0 spiro atoms. The third kappa shape index (κ3) is 3.53. The number of sulfonamides is 1. The molecule has 8 heteroatoms. The maximum Gasteiger partial charge on any atom is 0.339 e. The highest BCUT2D eigenvalue weighted by molar-refractivity contribution is 7.89. The van der Waals surface area contributed by atoms with Gasteiger partial charge >= 0.3 is 11.9 Å². The fourth-order valence-electron chi connectivity index (χ4n) is 2.64. The van der Waals surface area contributed by atoms with Crippen LogP contribution in [0.2, 0.25) is 0 Å². The summed E-state index contributed by atoms with van der Waals surface area (Å²) in [5.41, 5.74) is 0.691. The van der Waals surface area contributed by atoms with Crippen LogP contribution in [-0.2, 0) is 19.6 Å². The minimum absolute atomic E-state index is 0.0371. The fraction of sp³-hybridized carbons (Fsp3) is 0.467. The predicted molar refractivity (Wildman–Crippen MR) is 81.6 cm³/mol. The Bertz CT molecular complexity index is 727. The van der Waals surface area contributed by atoms with Crippen LogP contribution in [0.25, 0.3) is 0 Å². The lowest BCUT2D eigenvalue weighted by Gasteiger charge is -2.30. The smallest absolute Gasteiger partial charge is 0.339 e. The van der Waals surface area contributed by atoms with E-state index >= 15 is 0 Å². The molecule has 1 fully saturated rings. The monoisotopic (exact) mass is 341 g/mol. The molecule has 1 atom stereocenters. The van der Waals surface area contributed by atoms with Crippen LogP contribution in [0.5, 0.6) is 0 Å². The molecule has 23 heavy (non-hydrogen) atoms. The Balaban J connectivity index is 2.43. The molecule has 0 radical (unpaired) electrons. The summed E-state index contributed by atoms with van der Waals surface area (Å²) in [6, 6.07) is 4.41. The number of aliphatic carboxylic acids is 1. The molecule has 0 aliphatic carbocycles. The van der Waals surface area contributed by atoms with E-state index in [4.69, 9.17) is 5.11 Å². The van der Waals surface area contributed by atoms with Gasteiger partial charge < -0.3 is 9.84 Å². The van der Waals surface area contributed by atoms with Crippen LogP contribution in [0.3, 0.4) is 0 Å². The van der Waals surface area contributed by atoms with Gasteiger partial charge in [-0.1, -0.05) is 11.6 Å². The van der Waals surface area contributed by atoms with E-state index in [9.17, 15) is 18.0 Å². The number of nitrogens with zero attached hydrogens (tertiary/aromatic N) is 1. The zero-order valence-electron chi connectivity index (χ0n) is 13.0. The summed E-state index contributed by atoms with van der Waals surface area (Å²) in [7, 11) is -2.78. The molecule has 1 aromatic carbocycles. The number of hydrogen-bond acceptors (Lipinski definition) is 5. The van der Waals surface area contributed by atoms with Gasteiger partial charge in [0.2, 0.25) is 10.0 Å². The van der Waals surface area contributed by atoms with Gasteiger partial charge in [-0.2, -0.15) is 4.31 Å². The number of hydrogen-bond donors (Lipinski definition) is 1. The average molecular weight is 341 g/mol. The number of carboxylic acid groups (broad SMARTS) is 1. The zero-order chi connectivity index (χ0) is 17.2. The molecule has 0 bridgehead atoms.